The lowest BCUT2D eigenvalue weighted by Gasteiger charge is -2.18. The summed E-state index contributed by atoms with van der Waals surface area (Å²) >= 11 is 0. The van der Waals surface area contributed by atoms with E-state index in [-0.39, 0.29) is 6.03 Å². The fraction of sp³-hybridized carbons (Fsp3) is 0.250. The summed E-state index contributed by atoms with van der Waals surface area (Å²) in [4.78, 5) is 19.1. The molecule has 6 nitrogen and oxygen atoms in total. The maximum Gasteiger partial charge on any atom is 0.321 e. The van der Waals surface area contributed by atoms with E-state index >= 15 is 0 Å². The van der Waals surface area contributed by atoms with Crippen molar-refractivity contribution >= 4 is 11.7 Å². The Bertz CT molecular complexity index is 905. The van der Waals surface area contributed by atoms with Crippen LogP contribution < -0.4 is 5.32 Å². The van der Waals surface area contributed by atoms with Gasteiger partial charge in [-0.25, -0.2) is 4.79 Å². The number of likely N-dealkylation sites (tertiary alicyclic amines) is 1. The molecule has 1 fully saturated rings. The first-order chi connectivity index (χ1) is 12.7. The predicted octanol–water partition coefficient (Wildman–Crippen LogP) is 3.50. The van der Waals surface area contributed by atoms with Gasteiger partial charge in [-0.15, -0.1) is 0 Å². The number of benzene rings is 1. The van der Waals surface area contributed by atoms with Crippen LogP contribution in [0.4, 0.5) is 10.5 Å². The molecule has 1 atom stereocenters. The van der Waals surface area contributed by atoms with E-state index in [1.165, 1.54) is 5.56 Å². The third-order valence-electron chi connectivity index (χ3n) is 4.77. The Labute approximate surface area is 152 Å². The van der Waals surface area contributed by atoms with Crippen molar-refractivity contribution in [2.24, 2.45) is 7.05 Å². The average molecular weight is 347 g/mol. The van der Waals surface area contributed by atoms with Crippen molar-refractivity contribution in [2.45, 2.75) is 12.3 Å². The van der Waals surface area contributed by atoms with Gasteiger partial charge in [-0.3, -0.25) is 9.67 Å². The molecule has 0 bridgehead atoms. The highest BCUT2D eigenvalue weighted by Crippen LogP contribution is 2.29. The van der Waals surface area contributed by atoms with Crippen LogP contribution in [0.1, 0.15) is 17.9 Å². The SMILES string of the molecule is Cn1cc(C2CCN(C(=O)Nc3cccnc3-c3ccccc3)C2)cn1. The smallest absolute Gasteiger partial charge is 0.321 e. The van der Waals surface area contributed by atoms with Crippen molar-refractivity contribution in [3.8, 4) is 11.3 Å². The number of hydrogen-bond donors (Lipinski definition) is 1. The van der Waals surface area contributed by atoms with E-state index in [1.807, 2.05) is 66.8 Å². The standard InChI is InChI=1S/C20H21N5O/c1-24-13-17(12-22-24)16-9-11-25(14-16)20(26)23-18-8-5-10-21-19(18)15-6-3-2-4-7-15/h2-8,10,12-13,16H,9,11,14H2,1H3,(H,23,26). The molecule has 1 N–H and O–H groups in total. The number of aryl methyl sites for hydroxylation is 1. The van der Waals surface area contributed by atoms with Crippen LogP contribution in [0.25, 0.3) is 11.3 Å². The molecule has 0 radical (unpaired) electrons. The molecule has 1 aliphatic heterocycles. The van der Waals surface area contributed by atoms with Gasteiger partial charge in [0.2, 0.25) is 0 Å². The lowest BCUT2D eigenvalue weighted by atomic mass is 10.0. The molecule has 6 heteroatoms. The Morgan fingerprint density at radius 1 is 1.19 bits per heavy atom. The Morgan fingerprint density at radius 3 is 2.81 bits per heavy atom. The summed E-state index contributed by atoms with van der Waals surface area (Å²) < 4.78 is 1.81. The Balaban J connectivity index is 1.48. The van der Waals surface area contributed by atoms with Gasteiger partial charge >= 0.3 is 6.03 Å². The normalized spacial score (nSPS) is 16.7. The van der Waals surface area contributed by atoms with Gasteiger partial charge < -0.3 is 10.2 Å². The monoisotopic (exact) mass is 347 g/mol. The number of anilines is 1. The molecule has 1 unspecified atom stereocenters. The summed E-state index contributed by atoms with van der Waals surface area (Å²) in [5, 5.41) is 7.27. The van der Waals surface area contributed by atoms with Crippen LogP contribution in [0.15, 0.2) is 61.1 Å². The van der Waals surface area contributed by atoms with Crippen molar-refractivity contribution in [1.82, 2.24) is 19.7 Å². The molecule has 132 valence electrons. The maximum absolute atomic E-state index is 12.7. The van der Waals surface area contributed by atoms with Gasteiger partial charge in [-0.2, -0.15) is 5.10 Å². The third kappa shape index (κ3) is 3.31. The van der Waals surface area contributed by atoms with Gasteiger partial charge in [-0.1, -0.05) is 30.3 Å². The second-order valence-corrected chi connectivity index (χ2v) is 6.57. The lowest BCUT2D eigenvalue weighted by molar-refractivity contribution is 0.222. The maximum atomic E-state index is 12.7. The Kier molecular flexibility index (Phi) is 4.39. The minimum atomic E-state index is -0.0819. The highest BCUT2D eigenvalue weighted by atomic mass is 16.2. The van der Waals surface area contributed by atoms with Crippen molar-refractivity contribution < 1.29 is 4.79 Å². The molecule has 0 saturated carbocycles. The zero-order valence-electron chi connectivity index (χ0n) is 14.7. The Hall–Kier alpha value is -3.15. The highest BCUT2D eigenvalue weighted by Gasteiger charge is 2.28. The molecule has 2 aromatic heterocycles. The van der Waals surface area contributed by atoms with E-state index in [0.29, 0.717) is 12.5 Å². The van der Waals surface area contributed by atoms with Crippen LogP contribution in [0.3, 0.4) is 0 Å². The van der Waals surface area contributed by atoms with E-state index in [4.69, 9.17) is 0 Å². The molecule has 26 heavy (non-hydrogen) atoms. The lowest BCUT2D eigenvalue weighted by Crippen LogP contribution is -2.33. The zero-order valence-corrected chi connectivity index (χ0v) is 14.7. The number of urea groups is 1. The number of amides is 2. The van der Waals surface area contributed by atoms with Crippen molar-refractivity contribution in [3.05, 3.63) is 66.6 Å². The predicted molar refractivity (Wildman–Crippen MR) is 101 cm³/mol. The summed E-state index contributed by atoms with van der Waals surface area (Å²) in [6, 6.07) is 13.5. The molecule has 1 aromatic carbocycles. The van der Waals surface area contributed by atoms with Crippen LogP contribution in [-0.2, 0) is 7.05 Å². The van der Waals surface area contributed by atoms with Crippen LogP contribution in [0.5, 0.6) is 0 Å². The van der Waals surface area contributed by atoms with Crippen molar-refractivity contribution in [2.75, 3.05) is 18.4 Å². The van der Waals surface area contributed by atoms with Crippen LogP contribution >= 0.6 is 0 Å². The molecule has 1 aliphatic rings. The number of carbonyl (C=O) groups excluding carboxylic acids is 1. The molecule has 0 aliphatic carbocycles. The summed E-state index contributed by atoms with van der Waals surface area (Å²) in [7, 11) is 1.91. The second kappa shape index (κ2) is 7.00. The van der Waals surface area contributed by atoms with Crippen LogP contribution in [-0.4, -0.2) is 38.8 Å². The molecular formula is C20H21N5O. The summed E-state index contributed by atoms with van der Waals surface area (Å²) in [6.45, 7) is 1.45. The fourth-order valence-corrected chi connectivity index (χ4v) is 3.39. The van der Waals surface area contributed by atoms with Crippen LogP contribution in [0, 0.1) is 0 Å². The van der Waals surface area contributed by atoms with E-state index in [1.54, 1.807) is 10.9 Å². The summed E-state index contributed by atoms with van der Waals surface area (Å²) in [6.07, 6.45) is 6.62. The van der Waals surface area contributed by atoms with Crippen molar-refractivity contribution in [3.63, 3.8) is 0 Å². The molecule has 1 saturated heterocycles. The van der Waals surface area contributed by atoms with Gasteiger partial charge in [0.15, 0.2) is 0 Å². The topological polar surface area (TPSA) is 63.1 Å². The first-order valence-corrected chi connectivity index (χ1v) is 8.75. The van der Waals surface area contributed by atoms with Crippen LogP contribution in [0.2, 0.25) is 0 Å². The number of aromatic nitrogens is 3. The van der Waals surface area contributed by atoms with Crippen molar-refractivity contribution in [1.29, 1.82) is 0 Å². The molecule has 4 rings (SSSR count). The number of nitrogens with zero attached hydrogens (tertiary/aromatic N) is 4. The summed E-state index contributed by atoms with van der Waals surface area (Å²) in [5.74, 6) is 0.344. The third-order valence-corrected chi connectivity index (χ3v) is 4.77. The van der Waals surface area contributed by atoms with E-state index in [9.17, 15) is 4.79 Å². The number of hydrogen-bond acceptors (Lipinski definition) is 3. The summed E-state index contributed by atoms with van der Waals surface area (Å²) in [5.41, 5.74) is 3.69. The largest absolute Gasteiger partial charge is 0.324 e. The average Bonchev–Trinajstić information content (AvgIpc) is 3.32. The second-order valence-electron chi connectivity index (χ2n) is 6.57. The highest BCUT2D eigenvalue weighted by molar-refractivity contribution is 5.93. The number of nitrogens with one attached hydrogen (secondary N) is 1. The molecule has 0 spiro atoms. The Morgan fingerprint density at radius 2 is 2.04 bits per heavy atom. The first kappa shape index (κ1) is 16.3. The molecule has 2 amide bonds. The fourth-order valence-electron chi connectivity index (χ4n) is 3.39. The zero-order chi connectivity index (χ0) is 17.9. The van der Waals surface area contributed by atoms with Gasteiger partial charge in [0.1, 0.15) is 0 Å². The molecule has 3 heterocycles. The van der Waals surface area contributed by atoms with Gasteiger partial charge in [-0.05, 0) is 24.1 Å². The van der Waals surface area contributed by atoms with Gasteiger partial charge in [0.05, 0.1) is 17.6 Å². The number of carbonyl (C=O) groups is 1. The first-order valence-electron chi connectivity index (χ1n) is 8.75. The van der Waals surface area contributed by atoms with E-state index in [2.05, 4.69) is 15.4 Å². The van der Waals surface area contributed by atoms with E-state index in [0.717, 1.165) is 29.9 Å². The van der Waals surface area contributed by atoms with Gasteiger partial charge in [0.25, 0.3) is 0 Å². The number of pyridine rings is 1. The van der Waals surface area contributed by atoms with Gasteiger partial charge in [0, 0.05) is 44.0 Å². The quantitative estimate of drug-likeness (QED) is 0.789. The molecular weight excluding hydrogens is 326 g/mol. The number of rotatable bonds is 3. The minimum absolute atomic E-state index is 0.0819. The minimum Gasteiger partial charge on any atom is -0.324 e. The van der Waals surface area contributed by atoms with E-state index < -0.39 is 0 Å². The molecule has 3 aromatic rings.